The fraction of sp³-hybridized carbons (Fsp3) is 0.0500. The number of amides is 2. The lowest BCUT2D eigenvalue weighted by Gasteiger charge is -2.08. The Balaban J connectivity index is 1.73. The van der Waals surface area contributed by atoms with Crippen molar-refractivity contribution in [2.75, 3.05) is 10.6 Å². The molecule has 0 bridgehead atoms. The highest BCUT2D eigenvalue weighted by atomic mass is 35.5. The van der Waals surface area contributed by atoms with Crippen LogP contribution in [0.25, 0.3) is 0 Å². The van der Waals surface area contributed by atoms with E-state index in [1.54, 1.807) is 12.1 Å². The molecule has 0 aliphatic rings. The average molecular weight is 384 g/mol. The van der Waals surface area contributed by atoms with Gasteiger partial charge in [-0.3, -0.25) is 14.6 Å². The molecular weight excluding hydrogens is 369 g/mol. The molecule has 0 aliphatic heterocycles. The molecule has 0 aliphatic carbocycles. The van der Waals surface area contributed by atoms with Gasteiger partial charge < -0.3 is 10.6 Å². The number of rotatable bonds is 4. The first-order valence-corrected chi connectivity index (χ1v) is 8.39. The van der Waals surface area contributed by atoms with Crippen molar-refractivity contribution in [3.8, 4) is 0 Å². The highest BCUT2D eigenvalue weighted by Crippen LogP contribution is 2.20. The molecule has 3 aromatic rings. The molecule has 2 amide bonds. The molecule has 0 unspecified atom stereocenters. The van der Waals surface area contributed by atoms with Gasteiger partial charge >= 0.3 is 0 Å². The summed E-state index contributed by atoms with van der Waals surface area (Å²) in [7, 11) is 0. The molecule has 136 valence electrons. The van der Waals surface area contributed by atoms with E-state index in [0.29, 0.717) is 11.4 Å². The van der Waals surface area contributed by atoms with E-state index >= 15 is 0 Å². The lowest BCUT2D eigenvalue weighted by Crippen LogP contribution is -2.16. The summed E-state index contributed by atoms with van der Waals surface area (Å²) in [5.41, 5.74) is 2.48. The normalized spacial score (nSPS) is 10.3. The molecule has 0 atom stereocenters. The SMILES string of the molecule is Cc1ccc(NC(=O)c2cncc(C(=O)Nc3ccc(F)c(Cl)c3)c2)cc1. The Morgan fingerprint density at radius 1 is 0.889 bits per heavy atom. The first-order chi connectivity index (χ1) is 12.9. The van der Waals surface area contributed by atoms with Gasteiger partial charge in [0.15, 0.2) is 0 Å². The fourth-order valence-corrected chi connectivity index (χ4v) is 2.49. The average Bonchev–Trinajstić information content (AvgIpc) is 2.66. The summed E-state index contributed by atoms with van der Waals surface area (Å²) in [6.45, 7) is 1.95. The maximum Gasteiger partial charge on any atom is 0.257 e. The molecule has 0 saturated carbocycles. The molecule has 7 heteroatoms. The van der Waals surface area contributed by atoms with E-state index in [4.69, 9.17) is 11.6 Å². The third-order valence-electron chi connectivity index (χ3n) is 3.75. The highest BCUT2D eigenvalue weighted by Gasteiger charge is 2.13. The molecule has 0 spiro atoms. The number of pyridine rings is 1. The van der Waals surface area contributed by atoms with Crippen LogP contribution >= 0.6 is 11.6 Å². The number of nitrogens with zero attached hydrogens (tertiary/aromatic N) is 1. The summed E-state index contributed by atoms with van der Waals surface area (Å²) in [6.07, 6.45) is 2.71. The summed E-state index contributed by atoms with van der Waals surface area (Å²) < 4.78 is 13.2. The van der Waals surface area contributed by atoms with Crippen LogP contribution in [0.3, 0.4) is 0 Å². The summed E-state index contributed by atoms with van der Waals surface area (Å²) in [5.74, 6) is -1.45. The van der Waals surface area contributed by atoms with E-state index in [9.17, 15) is 14.0 Å². The van der Waals surface area contributed by atoms with Crippen LogP contribution in [0.4, 0.5) is 15.8 Å². The quantitative estimate of drug-likeness (QED) is 0.686. The Labute approximate surface area is 160 Å². The standard InChI is InChI=1S/C20H15ClFN3O2/c1-12-2-4-15(5-3-12)24-19(26)13-8-14(11-23-10-13)20(27)25-16-6-7-18(22)17(21)9-16/h2-11H,1H3,(H,24,26)(H,25,27). The van der Waals surface area contributed by atoms with Crippen LogP contribution in [0.1, 0.15) is 26.3 Å². The second-order valence-corrected chi connectivity index (χ2v) is 6.27. The van der Waals surface area contributed by atoms with Crippen LogP contribution in [-0.4, -0.2) is 16.8 Å². The van der Waals surface area contributed by atoms with Crippen LogP contribution in [0, 0.1) is 12.7 Å². The monoisotopic (exact) mass is 383 g/mol. The molecule has 2 aromatic carbocycles. The van der Waals surface area contributed by atoms with E-state index in [0.717, 1.165) is 11.6 Å². The van der Waals surface area contributed by atoms with Crippen molar-refractivity contribution >= 4 is 34.8 Å². The number of carbonyl (C=O) groups is 2. The predicted octanol–water partition coefficient (Wildman–Crippen LogP) is 4.69. The van der Waals surface area contributed by atoms with Gasteiger partial charge in [-0.2, -0.15) is 0 Å². The maximum atomic E-state index is 13.2. The van der Waals surface area contributed by atoms with Crippen LogP contribution in [0.15, 0.2) is 60.9 Å². The number of hydrogen-bond donors (Lipinski definition) is 2. The van der Waals surface area contributed by atoms with Crippen LogP contribution < -0.4 is 10.6 Å². The second-order valence-electron chi connectivity index (χ2n) is 5.87. The topological polar surface area (TPSA) is 71.1 Å². The molecular formula is C20H15ClFN3O2. The van der Waals surface area contributed by atoms with E-state index < -0.39 is 11.7 Å². The van der Waals surface area contributed by atoms with Gasteiger partial charge in [0.05, 0.1) is 16.1 Å². The van der Waals surface area contributed by atoms with Crippen LogP contribution in [-0.2, 0) is 0 Å². The summed E-state index contributed by atoms with van der Waals surface area (Å²) in [4.78, 5) is 28.7. The zero-order valence-corrected chi connectivity index (χ0v) is 15.0. The zero-order chi connectivity index (χ0) is 19.4. The Kier molecular flexibility index (Phi) is 5.47. The molecule has 1 heterocycles. The number of anilines is 2. The number of carbonyl (C=O) groups excluding carboxylic acids is 2. The van der Waals surface area contributed by atoms with Gasteiger partial charge in [-0.15, -0.1) is 0 Å². The molecule has 27 heavy (non-hydrogen) atoms. The fourth-order valence-electron chi connectivity index (χ4n) is 2.31. The molecule has 3 rings (SSSR count). The highest BCUT2D eigenvalue weighted by molar-refractivity contribution is 6.31. The lowest BCUT2D eigenvalue weighted by atomic mass is 10.1. The number of benzene rings is 2. The zero-order valence-electron chi connectivity index (χ0n) is 14.3. The van der Waals surface area contributed by atoms with E-state index in [-0.39, 0.29) is 22.1 Å². The third-order valence-corrected chi connectivity index (χ3v) is 4.04. The van der Waals surface area contributed by atoms with E-state index in [1.807, 2.05) is 19.1 Å². The van der Waals surface area contributed by atoms with Gasteiger partial charge in [0, 0.05) is 23.8 Å². The summed E-state index contributed by atoms with van der Waals surface area (Å²) in [5, 5.41) is 5.23. The smallest absolute Gasteiger partial charge is 0.257 e. The minimum atomic E-state index is -0.578. The van der Waals surface area contributed by atoms with Gasteiger partial charge in [0.1, 0.15) is 5.82 Å². The van der Waals surface area contributed by atoms with Crippen molar-refractivity contribution in [2.45, 2.75) is 6.92 Å². The maximum absolute atomic E-state index is 13.2. The second kappa shape index (κ2) is 7.97. The van der Waals surface area contributed by atoms with Crippen molar-refractivity contribution in [1.29, 1.82) is 0 Å². The largest absolute Gasteiger partial charge is 0.322 e. The number of aryl methyl sites for hydroxylation is 1. The van der Waals surface area contributed by atoms with Gasteiger partial charge in [0.2, 0.25) is 0 Å². The molecule has 2 N–H and O–H groups in total. The Hall–Kier alpha value is -3.25. The summed E-state index contributed by atoms with van der Waals surface area (Å²) in [6, 6.07) is 12.6. The minimum Gasteiger partial charge on any atom is -0.322 e. The van der Waals surface area contributed by atoms with Gasteiger partial charge in [-0.05, 0) is 43.3 Å². The number of hydrogen-bond acceptors (Lipinski definition) is 3. The molecule has 0 radical (unpaired) electrons. The molecule has 0 saturated heterocycles. The number of halogens is 2. The Bertz CT molecular complexity index is 1010. The Morgan fingerprint density at radius 3 is 2.04 bits per heavy atom. The molecule has 0 fully saturated rings. The van der Waals surface area contributed by atoms with Crippen molar-refractivity contribution in [1.82, 2.24) is 4.98 Å². The Morgan fingerprint density at radius 2 is 1.44 bits per heavy atom. The lowest BCUT2D eigenvalue weighted by molar-refractivity contribution is 0.102. The minimum absolute atomic E-state index is 0.0999. The van der Waals surface area contributed by atoms with Gasteiger partial charge in [-0.1, -0.05) is 29.3 Å². The van der Waals surface area contributed by atoms with Crippen LogP contribution in [0.2, 0.25) is 5.02 Å². The number of nitrogens with one attached hydrogen (secondary N) is 2. The van der Waals surface area contributed by atoms with E-state index in [1.165, 1.54) is 30.6 Å². The van der Waals surface area contributed by atoms with Gasteiger partial charge in [-0.25, -0.2) is 4.39 Å². The van der Waals surface area contributed by atoms with Crippen molar-refractivity contribution in [3.63, 3.8) is 0 Å². The van der Waals surface area contributed by atoms with E-state index in [2.05, 4.69) is 15.6 Å². The van der Waals surface area contributed by atoms with Crippen molar-refractivity contribution in [2.24, 2.45) is 0 Å². The first-order valence-electron chi connectivity index (χ1n) is 8.02. The van der Waals surface area contributed by atoms with Crippen molar-refractivity contribution in [3.05, 3.63) is 88.5 Å². The molecule has 5 nitrogen and oxygen atoms in total. The van der Waals surface area contributed by atoms with Crippen molar-refractivity contribution < 1.29 is 14.0 Å². The van der Waals surface area contributed by atoms with Crippen LogP contribution in [0.5, 0.6) is 0 Å². The number of aromatic nitrogens is 1. The predicted molar refractivity (Wildman–Crippen MR) is 103 cm³/mol. The van der Waals surface area contributed by atoms with Gasteiger partial charge in [0.25, 0.3) is 11.8 Å². The third kappa shape index (κ3) is 4.68. The molecule has 1 aromatic heterocycles. The first kappa shape index (κ1) is 18.5. The summed E-state index contributed by atoms with van der Waals surface area (Å²) >= 11 is 5.71.